The van der Waals surface area contributed by atoms with Crippen molar-refractivity contribution in [2.45, 2.75) is 0 Å². The van der Waals surface area contributed by atoms with Crippen molar-refractivity contribution in [1.82, 2.24) is 0 Å². The number of esters is 1. The van der Waals surface area contributed by atoms with Crippen LogP contribution in [0.25, 0.3) is 0 Å². The number of cyclic esters (lactones) is 1. The minimum atomic E-state index is -0.0718. The Labute approximate surface area is 52.9 Å². The molecular weight excluding hydrogens is 120 g/mol. The Bertz CT molecular complexity index is 143. The highest BCUT2D eigenvalue weighted by molar-refractivity contribution is 5.75. The minimum absolute atomic E-state index is 0.0602. The number of ether oxygens (including phenoxy) is 2. The van der Waals surface area contributed by atoms with E-state index in [1.165, 1.54) is 0 Å². The van der Waals surface area contributed by atoms with Crippen molar-refractivity contribution in [3.05, 3.63) is 0 Å². The van der Waals surface area contributed by atoms with E-state index in [2.05, 4.69) is 0 Å². The lowest BCUT2D eigenvalue weighted by molar-refractivity contribution is -0.142. The standard InChI is InChI=1S/C6H8O3/c7-6-5-3-8-1-4(5)2-9-6/h4-5H,1-3H2/t4-,5-/m0/s1. The maximum absolute atomic E-state index is 10.8. The smallest absolute Gasteiger partial charge is 0.311 e. The van der Waals surface area contributed by atoms with Crippen LogP contribution in [0.15, 0.2) is 0 Å². The lowest BCUT2D eigenvalue weighted by Gasteiger charge is -1.94. The molecule has 0 aromatic carbocycles. The first-order valence-electron chi connectivity index (χ1n) is 3.12. The van der Waals surface area contributed by atoms with E-state index in [1.54, 1.807) is 0 Å². The van der Waals surface area contributed by atoms with E-state index >= 15 is 0 Å². The zero-order chi connectivity index (χ0) is 6.27. The fraction of sp³-hybridized carbons (Fsp3) is 0.833. The molecule has 50 valence electrons. The highest BCUT2D eigenvalue weighted by atomic mass is 16.6. The molecule has 3 nitrogen and oxygen atoms in total. The summed E-state index contributed by atoms with van der Waals surface area (Å²) in [4.78, 5) is 10.8. The zero-order valence-electron chi connectivity index (χ0n) is 5.00. The van der Waals surface area contributed by atoms with Crippen molar-refractivity contribution in [3.8, 4) is 0 Å². The highest BCUT2D eigenvalue weighted by Crippen LogP contribution is 2.27. The van der Waals surface area contributed by atoms with E-state index < -0.39 is 0 Å². The molecule has 2 saturated heterocycles. The van der Waals surface area contributed by atoms with Gasteiger partial charge in [0.25, 0.3) is 0 Å². The fourth-order valence-electron chi connectivity index (χ4n) is 1.32. The molecule has 2 aliphatic rings. The molecule has 2 aliphatic heterocycles. The maximum atomic E-state index is 10.8. The van der Waals surface area contributed by atoms with Gasteiger partial charge in [0.05, 0.1) is 25.7 Å². The van der Waals surface area contributed by atoms with Gasteiger partial charge in [-0.05, 0) is 0 Å². The number of hydrogen-bond acceptors (Lipinski definition) is 3. The van der Waals surface area contributed by atoms with Gasteiger partial charge in [0.15, 0.2) is 0 Å². The molecule has 2 rings (SSSR count). The van der Waals surface area contributed by atoms with E-state index in [9.17, 15) is 4.79 Å². The highest BCUT2D eigenvalue weighted by Gasteiger charge is 2.41. The zero-order valence-corrected chi connectivity index (χ0v) is 5.00. The lowest BCUT2D eigenvalue weighted by atomic mass is 10.0. The Kier molecular flexibility index (Phi) is 0.990. The van der Waals surface area contributed by atoms with Gasteiger partial charge >= 0.3 is 5.97 Å². The second-order valence-electron chi connectivity index (χ2n) is 2.53. The first-order chi connectivity index (χ1) is 4.38. The van der Waals surface area contributed by atoms with Crippen molar-refractivity contribution in [2.75, 3.05) is 19.8 Å². The molecule has 3 heteroatoms. The molecule has 2 heterocycles. The van der Waals surface area contributed by atoms with Gasteiger partial charge in [-0.2, -0.15) is 0 Å². The molecule has 0 N–H and O–H groups in total. The molecule has 2 atom stereocenters. The Morgan fingerprint density at radius 2 is 2.22 bits per heavy atom. The summed E-state index contributed by atoms with van der Waals surface area (Å²) >= 11 is 0. The molecular formula is C6H8O3. The first-order valence-corrected chi connectivity index (χ1v) is 3.12. The number of carbonyl (C=O) groups excluding carboxylic acids is 1. The number of fused-ring (bicyclic) bond motifs is 1. The largest absolute Gasteiger partial charge is 0.465 e. The van der Waals surface area contributed by atoms with Crippen LogP contribution >= 0.6 is 0 Å². The number of hydrogen-bond donors (Lipinski definition) is 0. The summed E-state index contributed by atoms with van der Waals surface area (Å²) in [5.41, 5.74) is 0. The monoisotopic (exact) mass is 128 g/mol. The van der Waals surface area contributed by atoms with Crippen molar-refractivity contribution in [3.63, 3.8) is 0 Å². The van der Waals surface area contributed by atoms with Crippen LogP contribution < -0.4 is 0 Å². The van der Waals surface area contributed by atoms with Crippen molar-refractivity contribution in [2.24, 2.45) is 11.8 Å². The molecule has 9 heavy (non-hydrogen) atoms. The molecule has 0 aromatic rings. The summed E-state index contributed by atoms with van der Waals surface area (Å²) in [5.74, 6) is 0.347. The second kappa shape index (κ2) is 1.70. The molecule has 2 fully saturated rings. The minimum Gasteiger partial charge on any atom is -0.465 e. The van der Waals surface area contributed by atoms with Crippen LogP contribution in [-0.4, -0.2) is 25.8 Å². The average Bonchev–Trinajstić information content (AvgIpc) is 2.35. The van der Waals surface area contributed by atoms with Gasteiger partial charge in [-0.15, -0.1) is 0 Å². The fourth-order valence-corrected chi connectivity index (χ4v) is 1.32. The van der Waals surface area contributed by atoms with Gasteiger partial charge in [0.1, 0.15) is 0 Å². The van der Waals surface area contributed by atoms with Crippen molar-refractivity contribution < 1.29 is 14.3 Å². The van der Waals surface area contributed by atoms with E-state index in [-0.39, 0.29) is 11.9 Å². The molecule has 0 saturated carbocycles. The lowest BCUT2D eigenvalue weighted by Crippen LogP contribution is -2.12. The summed E-state index contributed by atoms with van der Waals surface area (Å²) in [7, 11) is 0. The van der Waals surface area contributed by atoms with Gasteiger partial charge < -0.3 is 9.47 Å². The van der Waals surface area contributed by atoms with Crippen LogP contribution in [-0.2, 0) is 14.3 Å². The van der Waals surface area contributed by atoms with Crippen molar-refractivity contribution >= 4 is 5.97 Å². The van der Waals surface area contributed by atoms with Crippen LogP contribution in [0, 0.1) is 11.8 Å². The van der Waals surface area contributed by atoms with E-state index in [1.807, 2.05) is 0 Å². The summed E-state index contributed by atoms with van der Waals surface area (Å²) in [6.07, 6.45) is 0. The maximum Gasteiger partial charge on any atom is 0.311 e. The van der Waals surface area contributed by atoms with Crippen LogP contribution in [0.3, 0.4) is 0 Å². The first kappa shape index (κ1) is 5.23. The number of rotatable bonds is 0. The topological polar surface area (TPSA) is 35.5 Å². The molecule has 0 unspecified atom stereocenters. The predicted molar refractivity (Wildman–Crippen MR) is 28.8 cm³/mol. The van der Waals surface area contributed by atoms with Crippen LogP contribution in [0.2, 0.25) is 0 Å². The van der Waals surface area contributed by atoms with Gasteiger partial charge in [-0.25, -0.2) is 0 Å². The molecule has 0 bridgehead atoms. The Morgan fingerprint density at radius 1 is 1.33 bits per heavy atom. The van der Waals surface area contributed by atoms with Crippen molar-refractivity contribution in [1.29, 1.82) is 0 Å². The summed E-state index contributed by atoms with van der Waals surface area (Å²) in [5, 5.41) is 0. The molecule has 0 aliphatic carbocycles. The quantitative estimate of drug-likeness (QED) is 0.424. The third kappa shape index (κ3) is 0.645. The normalized spacial score (nSPS) is 40.7. The van der Waals surface area contributed by atoms with E-state index in [0.29, 0.717) is 25.7 Å². The summed E-state index contributed by atoms with van der Waals surface area (Å²) < 4.78 is 9.88. The SMILES string of the molecule is O=C1OC[C@@H]2COC[C@H]12. The van der Waals surface area contributed by atoms with Gasteiger partial charge in [0.2, 0.25) is 0 Å². The Balaban J connectivity index is 2.15. The third-order valence-corrected chi connectivity index (χ3v) is 1.94. The molecule has 0 amide bonds. The van der Waals surface area contributed by atoms with Crippen LogP contribution in [0.1, 0.15) is 0 Å². The molecule has 0 radical (unpaired) electrons. The molecule has 0 aromatic heterocycles. The Hall–Kier alpha value is -0.570. The third-order valence-electron chi connectivity index (χ3n) is 1.94. The van der Waals surface area contributed by atoms with Crippen LogP contribution in [0.5, 0.6) is 0 Å². The molecule has 0 spiro atoms. The van der Waals surface area contributed by atoms with Gasteiger partial charge in [-0.1, -0.05) is 0 Å². The van der Waals surface area contributed by atoms with Gasteiger partial charge in [-0.3, -0.25) is 4.79 Å². The summed E-state index contributed by atoms with van der Waals surface area (Å²) in [6, 6.07) is 0. The van der Waals surface area contributed by atoms with E-state index in [4.69, 9.17) is 9.47 Å². The average molecular weight is 128 g/mol. The predicted octanol–water partition coefficient (Wildman–Crippen LogP) is -0.194. The summed E-state index contributed by atoms with van der Waals surface area (Å²) in [6.45, 7) is 1.85. The van der Waals surface area contributed by atoms with E-state index in [0.717, 1.165) is 0 Å². The van der Waals surface area contributed by atoms with Crippen LogP contribution in [0.4, 0.5) is 0 Å². The second-order valence-corrected chi connectivity index (χ2v) is 2.53. The van der Waals surface area contributed by atoms with Gasteiger partial charge in [0, 0.05) is 5.92 Å². The Morgan fingerprint density at radius 3 is 3.00 bits per heavy atom. The number of carbonyl (C=O) groups is 1.